The summed E-state index contributed by atoms with van der Waals surface area (Å²) in [5.41, 5.74) is 0.664. The van der Waals surface area contributed by atoms with E-state index in [1.165, 1.54) is 12.7 Å². The Labute approximate surface area is 271 Å². The number of alkyl carbamates (subject to hydrolysis) is 1. The van der Waals surface area contributed by atoms with Crippen LogP contribution in [0.15, 0.2) is 42.9 Å². The van der Waals surface area contributed by atoms with Crippen molar-refractivity contribution in [2.45, 2.75) is 108 Å². The summed E-state index contributed by atoms with van der Waals surface area (Å²) in [5, 5.41) is 20.1. The largest absolute Gasteiger partial charge is 0.444 e. The Morgan fingerprint density at radius 1 is 1.00 bits per heavy atom. The Morgan fingerprint density at radius 3 is 2.28 bits per heavy atom. The monoisotopic (exact) mass is 638 g/mol. The van der Waals surface area contributed by atoms with Crippen LogP contribution in [0.2, 0.25) is 0 Å². The number of benzene rings is 1. The lowest BCUT2D eigenvalue weighted by molar-refractivity contribution is -0.135. The van der Waals surface area contributed by atoms with Gasteiger partial charge >= 0.3 is 6.09 Å². The average Bonchev–Trinajstić information content (AvgIpc) is 3.65. The van der Waals surface area contributed by atoms with Crippen molar-refractivity contribution >= 4 is 23.8 Å². The quantitative estimate of drug-likeness (QED) is 0.225. The summed E-state index contributed by atoms with van der Waals surface area (Å²) in [6.07, 6.45) is 7.95. The van der Waals surface area contributed by atoms with Crippen LogP contribution < -0.4 is 16.0 Å². The zero-order valence-corrected chi connectivity index (χ0v) is 27.5. The van der Waals surface area contributed by atoms with Crippen molar-refractivity contribution in [3.05, 3.63) is 54.1 Å². The van der Waals surface area contributed by atoms with Crippen LogP contribution >= 0.6 is 0 Å². The van der Waals surface area contributed by atoms with Crippen molar-refractivity contribution in [3.63, 3.8) is 0 Å². The number of aliphatic hydroxyl groups excluding tert-OH is 1. The Morgan fingerprint density at radius 2 is 1.67 bits per heavy atom. The van der Waals surface area contributed by atoms with Gasteiger partial charge in [0.1, 0.15) is 17.7 Å². The smallest absolute Gasteiger partial charge is 0.408 e. The van der Waals surface area contributed by atoms with Gasteiger partial charge in [0.25, 0.3) is 0 Å². The molecule has 0 unspecified atom stereocenters. The van der Waals surface area contributed by atoms with Crippen molar-refractivity contribution in [1.29, 1.82) is 0 Å². The Hall–Kier alpha value is -3.93. The van der Waals surface area contributed by atoms with Crippen LogP contribution in [0.1, 0.15) is 77.0 Å². The first-order valence-corrected chi connectivity index (χ1v) is 16.4. The van der Waals surface area contributed by atoms with Gasteiger partial charge in [0, 0.05) is 38.3 Å². The first-order valence-electron chi connectivity index (χ1n) is 16.4. The zero-order valence-electron chi connectivity index (χ0n) is 27.5. The number of nitrogens with one attached hydrogen (secondary N) is 4. The second-order valence-corrected chi connectivity index (χ2v) is 13.7. The summed E-state index contributed by atoms with van der Waals surface area (Å²) in [6.45, 7) is 5.76. The van der Waals surface area contributed by atoms with Crippen LogP contribution in [0.3, 0.4) is 0 Å². The van der Waals surface area contributed by atoms with E-state index in [4.69, 9.17) is 4.74 Å². The number of aromatic amines is 1. The highest BCUT2D eigenvalue weighted by Gasteiger charge is 2.41. The Bertz CT molecular complexity index is 1290. The standard InChI is InChI=1S/C34H50N6O6/c1-34(2,3)46-33(45)39-27(18-23-13-9-6-10-14-23)30(42)38-28(19-24-20-35-21-36-24)31(43)37-26(17-22-11-7-5-8-12-22)29(41)25-15-16-40(4)32(25)44/h6,9-10,13-14,20-22,25-29,41H,5,7-8,11-12,15-19H2,1-4H3,(H,35,36)(H,37,43)(H,38,42)(H,39,45)/t25-,26-,27+,28+,29+/m1/s1. The van der Waals surface area contributed by atoms with Gasteiger partial charge in [-0.15, -0.1) is 0 Å². The number of ether oxygens (including phenoxy) is 1. The third-order valence-electron chi connectivity index (χ3n) is 8.84. The van der Waals surface area contributed by atoms with E-state index < -0.39 is 53.7 Å². The lowest BCUT2D eigenvalue weighted by Gasteiger charge is -2.33. The zero-order chi connectivity index (χ0) is 33.3. The van der Waals surface area contributed by atoms with E-state index in [0.29, 0.717) is 31.0 Å². The number of hydrogen-bond acceptors (Lipinski definition) is 7. The van der Waals surface area contributed by atoms with Gasteiger partial charge < -0.3 is 35.7 Å². The molecule has 4 rings (SSSR count). The number of aromatic nitrogens is 2. The molecule has 0 bridgehead atoms. The topological polar surface area (TPSA) is 166 Å². The number of aliphatic hydroxyl groups is 1. The van der Waals surface area contributed by atoms with E-state index in [9.17, 15) is 24.3 Å². The van der Waals surface area contributed by atoms with Gasteiger partial charge in [0.2, 0.25) is 17.7 Å². The number of hydrogen-bond donors (Lipinski definition) is 5. The molecule has 0 spiro atoms. The van der Waals surface area contributed by atoms with Gasteiger partial charge in [-0.2, -0.15) is 0 Å². The molecule has 2 aliphatic rings. The first-order chi connectivity index (χ1) is 21.9. The molecule has 1 aliphatic carbocycles. The number of amides is 4. The molecular formula is C34H50N6O6. The number of rotatable bonds is 13. The van der Waals surface area contributed by atoms with Crippen LogP contribution in [0.5, 0.6) is 0 Å². The highest BCUT2D eigenvalue weighted by atomic mass is 16.6. The van der Waals surface area contributed by atoms with Crippen molar-refractivity contribution < 1.29 is 29.0 Å². The predicted octanol–water partition coefficient (Wildman–Crippen LogP) is 2.87. The molecule has 1 saturated carbocycles. The minimum absolute atomic E-state index is 0.0966. The van der Waals surface area contributed by atoms with Gasteiger partial charge in [-0.3, -0.25) is 14.4 Å². The Kier molecular flexibility index (Phi) is 12.2. The van der Waals surface area contributed by atoms with Crippen molar-refractivity contribution in [3.8, 4) is 0 Å². The molecule has 0 radical (unpaired) electrons. The van der Waals surface area contributed by atoms with Crippen molar-refractivity contribution in [2.24, 2.45) is 11.8 Å². The van der Waals surface area contributed by atoms with E-state index >= 15 is 0 Å². The lowest BCUT2D eigenvalue weighted by atomic mass is 9.81. The molecule has 4 amide bonds. The summed E-state index contributed by atoms with van der Waals surface area (Å²) in [6, 6.07) is 6.49. The summed E-state index contributed by atoms with van der Waals surface area (Å²) < 4.78 is 5.43. The fourth-order valence-electron chi connectivity index (χ4n) is 6.40. The fraction of sp³-hybridized carbons (Fsp3) is 0.618. The third kappa shape index (κ3) is 10.3. The second kappa shape index (κ2) is 16.1. The fourth-order valence-corrected chi connectivity index (χ4v) is 6.40. The molecule has 252 valence electrons. The summed E-state index contributed by atoms with van der Waals surface area (Å²) in [7, 11) is 1.72. The summed E-state index contributed by atoms with van der Waals surface area (Å²) >= 11 is 0. The molecule has 2 heterocycles. The molecule has 1 aromatic carbocycles. The van der Waals surface area contributed by atoms with Gasteiger partial charge in [-0.05, 0) is 45.1 Å². The number of likely N-dealkylation sites (tertiary alicyclic amines) is 1. The van der Waals surface area contributed by atoms with Gasteiger partial charge in [-0.1, -0.05) is 62.4 Å². The summed E-state index contributed by atoms with van der Waals surface area (Å²) in [4.78, 5) is 62.1. The average molecular weight is 639 g/mol. The molecule has 5 atom stereocenters. The maximum absolute atomic E-state index is 14.0. The lowest BCUT2D eigenvalue weighted by Crippen LogP contribution is -2.58. The normalized spacial score (nSPS) is 20.0. The molecule has 46 heavy (non-hydrogen) atoms. The number of carbonyl (C=O) groups excluding carboxylic acids is 4. The van der Waals surface area contributed by atoms with Crippen LogP contribution in [-0.4, -0.2) is 87.2 Å². The first kappa shape index (κ1) is 34.9. The van der Waals surface area contributed by atoms with E-state index in [0.717, 1.165) is 31.2 Å². The summed E-state index contributed by atoms with van der Waals surface area (Å²) in [5.74, 6) is -1.47. The molecule has 12 nitrogen and oxygen atoms in total. The molecule has 5 N–H and O–H groups in total. The van der Waals surface area contributed by atoms with Gasteiger partial charge in [0.05, 0.1) is 24.4 Å². The van der Waals surface area contributed by atoms with Gasteiger partial charge in [-0.25, -0.2) is 9.78 Å². The highest BCUT2D eigenvalue weighted by molar-refractivity contribution is 5.92. The molecule has 1 aliphatic heterocycles. The number of nitrogens with zero attached hydrogens (tertiary/aromatic N) is 2. The van der Waals surface area contributed by atoms with E-state index in [-0.39, 0.29) is 18.7 Å². The molecule has 2 aromatic rings. The van der Waals surface area contributed by atoms with Crippen LogP contribution in [-0.2, 0) is 32.0 Å². The molecule has 2 fully saturated rings. The maximum Gasteiger partial charge on any atom is 0.408 e. The van der Waals surface area contributed by atoms with Crippen LogP contribution in [0, 0.1) is 11.8 Å². The third-order valence-corrected chi connectivity index (χ3v) is 8.84. The SMILES string of the molecule is CN1CC[C@H]([C@H](O)[C@@H](CC2CCCCC2)NC(=O)[C@H](Cc2cnc[nH]2)NC(=O)[C@H](Cc2ccccc2)NC(=O)OC(C)(C)C)C1=O. The highest BCUT2D eigenvalue weighted by Crippen LogP contribution is 2.31. The van der Waals surface area contributed by atoms with E-state index in [1.807, 2.05) is 30.3 Å². The van der Waals surface area contributed by atoms with Crippen molar-refractivity contribution in [2.75, 3.05) is 13.6 Å². The molecule has 12 heteroatoms. The minimum atomic E-state index is -1.06. The predicted molar refractivity (Wildman–Crippen MR) is 172 cm³/mol. The molecule has 1 saturated heterocycles. The number of H-pyrrole nitrogens is 1. The number of carbonyl (C=O) groups is 4. The van der Waals surface area contributed by atoms with Gasteiger partial charge in [0.15, 0.2) is 0 Å². The minimum Gasteiger partial charge on any atom is -0.444 e. The maximum atomic E-state index is 14.0. The molecular weight excluding hydrogens is 588 g/mol. The Balaban J connectivity index is 1.55. The molecule has 1 aromatic heterocycles. The number of imidazole rings is 1. The van der Waals surface area contributed by atoms with Crippen molar-refractivity contribution in [1.82, 2.24) is 30.8 Å². The van der Waals surface area contributed by atoms with Crippen LogP contribution in [0.4, 0.5) is 4.79 Å². The van der Waals surface area contributed by atoms with Crippen LogP contribution in [0.25, 0.3) is 0 Å². The van der Waals surface area contributed by atoms with E-state index in [1.54, 1.807) is 38.9 Å². The second-order valence-electron chi connectivity index (χ2n) is 13.7. The van der Waals surface area contributed by atoms with E-state index in [2.05, 4.69) is 25.9 Å².